The summed E-state index contributed by atoms with van der Waals surface area (Å²) in [6.45, 7) is 3.51. The first-order valence-corrected chi connectivity index (χ1v) is 4.24. The van der Waals surface area contributed by atoms with Gasteiger partial charge in [-0.15, -0.1) is 6.58 Å². The van der Waals surface area contributed by atoms with Gasteiger partial charge in [-0.1, -0.05) is 6.08 Å². The lowest BCUT2D eigenvalue weighted by Crippen LogP contribution is -2.10. The minimum absolute atomic E-state index is 0.127. The molecule has 0 aromatic carbocycles. The molecule has 0 aliphatic rings. The molecule has 0 unspecified atom stereocenters. The number of allylic oxidation sites excluding steroid dienone is 1. The van der Waals surface area contributed by atoms with Gasteiger partial charge in [-0.3, -0.25) is 4.79 Å². The molecule has 3 nitrogen and oxygen atoms in total. The number of carbonyl (C=O) groups excluding carboxylic acids is 1. The molecule has 1 N–H and O–H groups in total. The Morgan fingerprint density at radius 3 is 3.00 bits per heavy atom. The summed E-state index contributed by atoms with van der Waals surface area (Å²) in [5.74, 6) is -0.688. The number of carbonyl (C=O) groups is 1. The molecule has 74 valence electrons. The second-order valence-corrected chi connectivity index (χ2v) is 2.75. The third-order valence-corrected chi connectivity index (χ3v) is 1.59. The Morgan fingerprint density at radius 2 is 2.43 bits per heavy atom. The van der Waals surface area contributed by atoms with Crippen LogP contribution in [0.1, 0.15) is 12.8 Å². The number of pyridine rings is 1. The summed E-state index contributed by atoms with van der Waals surface area (Å²) in [4.78, 5) is 14.6. The third kappa shape index (κ3) is 3.35. The van der Waals surface area contributed by atoms with Gasteiger partial charge in [0.25, 0.3) is 0 Å². The van der Waals surface area contributed by atoms with Gasteiger partial charge in [0.05, 0.1) is 11.9 Å². The van der Waals surface area contributed by atoms with Crippen molar-refractivity contribution < 1.29 is 9.18 Å². The molecule has 1 heterocycles. The van der Waals surface area contributed by atoms with E-state index < -0.39 is 5.95 Å². The van der Waals surface area contributed by atoms with Crippen LogP contribution in [0.2, 0.25) is 0 Å². The largest absolute Gasteiger partial charge is 0.325 e. The van der Waals surface area contributed by atoms with Crippen molar-refractivity contribution in [1.82, 2.24) is 4.98 Å². The molecular weight excluding hydrogens is 183 g/mol. The first-order chi connectivity index (χ1) is 6.72. The van der Waals surface area contributed by atoms with E-state index in [1.165, 1.54) is 18.3 Å². The second kappa shape index (κ2) is 5.11. The van der Waals surface area contributed by atoms with Gasteiger partial charge >= 0.3 is 0 Å². The molecule has 1 aromatic heterocycles. The van der Waals surface area contributed by atoms with Gasteiger partial charge < -0.3 is 5.32 Å². The molecule has 0 radical (unpaired) electrons. The van der Waals surface area contributed by atoms with Crippen LogP contribution in [0.3, 0.4) is 0 Å². The summed E-state index contributed by atoms with van der Waals surface area (Å²) < 4.78 is 12.4. The van der Waals surface area contributed by atoms with Crippen LogP contribution in [-0.2, 0) is 4.79 Å². The van der Waals surface area contributed by atoms with Crippen LogP contribution in [-0.4, -0.2) is 10.9 Å². The summed E-state index contributed by atoms with van der Waals surface area (Å²) >= 11 is 0. The number of hydrogen-bond acceptors (Lipinski definition) is 2. The predicted octanol–water partition coefficient (Wildman–Crippen LogP) is 2.13. The maximum atomic E-state index is 12.4. The lowest BCUT2D eigenvalue weighted by molar-refractivity contribution is -0.116. The summed E-state index contributed by atoms with van der Waals surface area (Å²) in [5, 5.41) is 2.59. The lowest BCUT2D eigenvalue weighted by Gasteiger charge is -2.02. The van der Waals surface area contributed by atoms with Crippen LogP contribution >= 0.6 is 0 Å². The molecule has 0 bridgehead atoms. The molecule has 0 fully saturated rings. The van der Waals surface area contributed by atoms with Crippen molar-refractivity contribution in [3.8, 4) is 0 Å². The van der Waals surface area contributed by atoms with E-state index in [0.717, 1.165) is 0 Å². The molecule has 14 heavy (non-hydrogen) atoms. The van der Waals surface area contributed by atoms with E-state index in [4.69, 9.17) is 0 Å². The minimum Gasteiger partial charge on any atom is -0.325 e. The molecule has 0 atom stereocenters. The Labute approximate surface area is 81.7 Å². The summed E-state index contributed by atoms with van der Waals surface area (Å²) in [6.07, 6.45) is 3.95. The predicted molar refractivity (Wildman–Crippen MR) is 52.3 cm³/mol. The Bertz CT molecular complexity index is 321. The van der Waals surface area contributed by atoms with Crippen LogP contribution in [0.25, 0.3) is 0 Å². The summed E-state index contributed by atoms with van der Waals surface area (Å²) in [6, 6.07) is 2.66. The standard InChI is InChI=1S/C10H11FN2O/c1-2-3-4-10(14)13-8-5-6-9(11)12-7-8/h2,5-7H,1,3-4H2,(H,13,14). The summed E-state index contributed by atoms with van der Waals surface area (Å²) in [7, 11) is 0. The minimum atomic E-state index is -0.561. The smallest absolute Gasteiger partial charge is 0.224 e. The molecule has 0 spiro atoms. The molecule has 0 aliphatic carbocycles. The Morgan fingerprint density at radius 1 is 1.64 bits per heavy atom. The fourth-order valence-corrected chi connectivity index (χ4v) is 0.906. The van der Waals surface area contributed by atoms with Gasteiger partial charge in [-0.25, -0.2) is 4.98 Å². The normalized spacial score (nSPS) is 9.50. The lowest BCUT2D eigenvalue weighted by atomic mass is 10.3. The number of amides is 1. The monoisotopic (exact) mass is 194 g/mol. The Kier molecular flexibility index (Phi) is 3.79. The van der Waals surface area contributed by atoms with Gasteiger partial charge in [-0.05, 0) is 18.6 Å². The topological polar surface area (TPSA) is 42.0 Å². The van der Waals surface area contributed by atoms with E-state index in [1.807, 2.05) is 0 Å². The average Bonchev–Trinajstić information content (AvgIpc) is 2.18. The first kappa shape index (κ1) is 10.4. The number of hydrogen-bond donors (Lipinski definition) is 1. The quantitative estimate of drug-likeness (QED) is 0.589. The fraction of sp³-hybridized carbons (Fsp3) is 0.200. The highest BCUT2D eigenvalue weighted by molar-refractivity contribution is 5.90. The average molecular weight is 194 g/mol. The van der Waals surface area contributed by atoms with Gasteiger partial charge in [0.2, 0.25) is 11.9 Å². The SMILES string of the molecule is C=CCCC(=O)Nc1ccc(F)nc1. The van der Waals surface area contributed by atoms with Crippen LogP contribution < -0.4 is 5.32 Å². The molecule has 1 aromatic rings. The van der Waals surface area contributed by atoms with Crippen molar-refractivity contribution in [2.75, 3.05) is 5.32 Å². The van der Waals surface area contributed by atoms with E-state index >= 15 is 0 Å². The van der Waals surface area contributed by atoms with Gasteiger partial charge in [0.1, 0.15) is 0 Å². The van der Waals surface area contributed by atoms with E-state index in [0.29, 0.717) is 18.5 Å². The van der Waals surface area contributed by atoms with Crippen LogP contribution in [0, 0.1) is 5.95 Å². The number of rotatable bonds is 4. The molecule has 1 amide bonds. The molecule has 1 rings (SSSR count). The van der Waals surface area contributed by atoms with Crippen molar-refractivity contribution in [3.63, 3.8) is 0 Å². The maximum absolute atomic E-state index is 12.4. The summed E-state index contributed by atoms with van der Waals surface area (Å²) in [5.41, 5.74) is 0.500. The zero-order chi connectivity index (χ0) is 10.4. The van der Waals surface area contributed by atoms with Gasteiger partial charge in [0.15, 0.2) is 0 Å². The fourth-order valence-electron chi connectivity index (χ4n) is 0.906. The van der Waals surface area contributed by atoms with E-state index in [1.54, 1.807) is 6.08 Å². The van der Waals surface area contributed by atoms with E-state index in [2.05, 4.69) is 16.9 Å². The zero-order valence-corrected chi connectivity index (χ0v) is 7.66. The Hall–Kier alpha value is -1.71. The highest BCUT2D eigenvalue weighted by Crippen LogP contribution is 2.06. The van der Waals surface area contributed by atoms with Gasteiger partial charge in [-0.2, -0.15) is 4.39 Å². The number of nitrogens with one attached hydrogen (secondary N) is 1. The number of aromatic nitrogens is 1. The highest BCUT2D eigenvalue weighted by atomic mass is 19.1. The second-order valence-electron chi connectivity index (χ2n) is 2.75. The van der Waals surface area contributed by atoms with E-state index in [-0.39, 0.29) is 5.91 Å². The van der Waals surface area contributed by atoms with Crippen molar-refractivity contribution in [3.05, 3.63) is 36.9 Å². The molecule has 0 saturated heterocycles. The number of nitrogens with zero attached hydrogens (tertiary/aromatic N) is 1. The van der Waals surface area contributed by atoms with Crippen LogP contribution in [0.5, 0.6) is 0 Å². The molecule has 4 heteroatoms. The van der Waals surface area contributed by atoms with Crippen LogP contribution in [0.15, 0.2) is 31.0 Å². The van der Waals surface area contributed by atoms with Crippen molar-refractivity contribution in [2.24, 2.45) is 0 Å². The van der Waals surface area contributed by atoms with E-state index in [9.17, 15) is 9.18 Å². The highest BCUT2D eigenvalue weighted by Gasteiger charge is 2.00. The van der Waals surface area contributed by atoms with Crippen LogP contribution in [0.4, 0.5) is 10.1 Å². The first-order valence-electron chi connectivity index (χ1n) is 4.24. The molecule has 0 aliphatic heterocycles. The number of halogens is 1. The number of anilines is 1. The maximum Gasteiger partial charge on any atom is 0.224 e. The third-order valence-electron chi connectivity index (χ3n) is 1.59. The van der Waals surface area contributed by atoms with Crippen molar-refractivity contribution in [1.29, 1.82) is 0 Å². The Balaban J connectivity index is 2.47. The zero-order valence-electron chi connectivity index (χ0n) is 7.66. The van der Waals surface area contributed by atoms with Gasteiger partial charge in [0, 0.05) is 6.42 Å². The van der Waals surface area contributed by atoms with Crippen molar-refractivity contribution in [2.45, 2.75) is 12.8 Å². The molecule has 0 saturated carbocycles. The van der Waals surface area contributed by atoms with Crippen molar-refractivity contribution >= 4 is 11.6 Å². The molecular formula is C10H11FN2O.